The van der Waals surface area contributed by atoms with E-state index < -0.39 is 17.9 Å². The first-order chi connectivity index (χ1) is 14.0. The van der Waals surface area contributed by atoms with Gasteiger partial charge in [-0.25, -0.2) is 9.78 Å². The lowest BCUT2D eigenvalue weighted by Gasteiger charge is -2.17. The number of rotatable bonds is 8. The molecule has 0 fully saturated rings. The molecule has 0 saturated heterocycles. The van der Waals surface area contributed by atoms with Crippen LogP contribution in [0.3, 0.4) is 0 Å². The van der Waals surface area contributed by atoms with Crippen LogP contribution in [-0.4, -0.2) is 33.0 Å². The SMILES string of the molecule is CC(C)C[C@H](NC(=O)c1ccc(NCc2cnc[nH]2)cc1C#CC(C)(C)C)C(=O)O. The van der Waals surface area contributed by atoms with Crippen LogP contribution in [0.25, 0.3) is 0 Å². The molecule has 1 atom stereocenters. The molecule has 0 spiro atoms. The summed E-state index contributed by atoms with van der Waals surface area (Å²) in [6, 6.07) is 4.32. The third kappa shape index (κ3) is 7.28. The van der Waals surface area contributed by atoms with Crippen LogP contribution in [0.15, 0.2) is 30.7 Å². The Bertz CT molecular complexity index is 932. The molecule has 2 aromatic rings. The zero-order valence-corrected chi connectivity index (χ0v) is 18.2. The molecule has 1 aromatic carbocycles. The minimum Gasteiger partial charge on any atom is -0.480 e. The van der Waals surface area contributed by atoms with Gasteiger partial charge in [-0.1, -0.05) is 25.7 Å². The summed E-state index contributed by atoms with van der Waals surface area (Å²) in [4.78, 5) is 31.4. The van der Waals surface area contributed by atoms with Crippen LogP contribution in [0, 0.1) is 23.2 Å². The van der Waals surface area contributed by atoms with Gasteiger partial charge in [0.2, 0.25) is 0 Å². The zero-order valence-electron chi connectivity index (χ0n) is 18.2. The van der Waals surface area contributed by atoms with Gasteiger partial charge in [0.1, 0.15) is 6.04 Å². The molecule has 30 heavy (non-hydrogen) atoms. The van der Waals surface area contributed by atoms with Crippen molar-refractivity contribution in [1.29, 1.82) is 0 Å². The van der Waals surface area contributed by atoms with E-state index in [0.717, 1.165) is 11.4 Å². The standard InChI is InChI=1S/C23H30N4O3/c1-15(2)10-20(22(29)30)27-21(28)19-7-6-17(25-13-18-12-24-14-26-18)11-16(19)8-9-23(3,4)5/h6-7,11-12,14-15,20,25H,10,13H2,1-5H3,(H,24,26)(H,27,28)(H,29,30)/t20-/m0/s1. The first-order valence-electron chi connectivity index (χ1n) is 9.97. The monoisotopic (exact) mass is 410 g/mol. The lowest BCUT2D eigenvalue weighted by atomic mass is 9.96. The average molecular weight is 411 g/mol. The normalized spacial score (nSPS) is 12.1. The van der Waals surface area contributed by atoms with Crippen molar-refractivity contribution < 1.29 is 14.7 Å². The van der Waals surface area contributed by atoms with Crippen molar-refractivity contribution in [2.75, 3.05) is 5.32 Å². The van der Waals surface area contributed by atoms with Crippen molar-refractivity contribution in [1.82, 2.24) is 15.3 Å². The predicted molar refractivity (Wildman–Crippen MR) is 117 cm³/mol. The number of nitrogens with zero attached hydrogens (tertiary/aromatic N) is 1. The van der Waals surface area contributed by atoms with Crippen molar-refractivity contribution in [2.24, 2.45) is 11.3 Å². The number of hydrogen-bond donors (Lipinski definition) is 4. The Balaban J connectivity index is 2.30. The molecule has 7 nitrogen and oxygen atoms in total. The van der Waals surface area contributed by atoms with E-state index in [1.807, 2.05) is 40.7 Å². The molecule has 1 amide bonds. The smallest absolute Gasteiger partial charge is 0.326 e. The Morgan fingerprint density at radius 1 is 1.27 bits per heavy atom. The first-order valence-corrected chi connectivity index (χ1v) is 9.97. The van der Waals surface area contributed by atoms with Crippen molar-refractivity contribution in [3.05, 3.63) is 47.5 Å². The molecule has 0 aliphatic carbocycles. The molecule has 160 valence electrons. The quantitative estimate of drug-likeness (QED) is 0.497. The van der Waals surface area contributed by atoms with Crippen molar-refractivity contribution in [2.45, 2.75) is 53.6 Å². The Kier molecular flexibility index (Phi) is 7.65. The minimum absolute atomic E-state index is 0.139. The van der Waals surface area contributed by atoms with Gasteiger partial charge in [0.05, 0.1) is 24.1 Å². The summed E-state index contributed by atoms with van der Waals surface area (Å²) in [5, 5.41) is 15.3. The number of imidazole rings is 1. The fourth-order valence-electron chi connectivity index (χ4n) is 2.72. The van der Waals surface area contributed by atoms with Crippen LogP contribution in [0.2, 0.25) is 0 Å². The number of nitrogens with one attached hydrogen (secondary N) is 3. The van der Waals surface area contributed by atoms with Gasteiger partial charge in [-0.3, -0.25) is 4.79 Å². The summed E-state index contributed by atoms with van der Waals surface area (Å²) in [7, 11) is 0. The topological polar surface area (TPSA) is 107 Å². The molecule has 7 heteroatoms. The lowest BCUT2D eigenvalue weighted by Crippen LogP contribution is -2.41. The number of carbonyl (C=O) groups is 2. The largest absolute Gasteiger partial charge is 0.480 e. The Labute approximate surface area is 177 Å². The molecule has 4 N–H and O–H groups in total. The van der Waals surface area contributed by atoms with Crippen LogP contribution in [0.4, 0.5) is 5.69 Å². The second kappa shape index (κ2) is 9.97. The lowest BCUT2D eigenvalue weighted by molar-refractivity contribution is -0.139. The first kappa shape index (κ1) is 23.0. The average Bonchev–Trinajstić information content (AvgIpc) is 3.16. The van der Waals surface area contributed by atoms with E-state index in [4.69, 9.17) is 0 Å². The van der Waals surface area contributed by atoms with Crippen molar-refractivity contribution >= 4 is 17.6 Å². The fourth-order valence-corrected chi connectivity index (χ4v) is 2.72. The van der Waals surface area contributed by atoms with Gasteiger partial charge in [0, 0.05) is 22.9 Å². The molecular weight excluding hydrogens is 380 g/mol. The van der Waals surface area contributed by atoms with E-state index in [2.05, 4.69) is 32.4 Å². The van der Waals surface area contributed by atoms with E-state index in [0.29, 0.717) is 24.1 Å². The molecule has 0 saturated carbocycles. The third-order valence-corrected chi connectivity index (χ3v) is 4.18. The van der Waals surface area contributed by atoms with Crippen LogP contribution in [0.5, 0.6) is 0 Å². The Morgan fingerprint density at radius 3 is 2.57 bits per heavy atom. The Hall–Kier alpha value is -3.27. The van der Waals surface area contributed by atoms with Crippen molar-refractivity contribution in [3.63, 3.8) is 0 Å². The summed E-state index contributed by atoms with van der Waals surface area (Å²) < 4.78 is 0. The molecule has 1 aromatic heterocycles. The summed E-state index contributed by atoms with van der Waals surface area (Å²) in [6.45, 7) is 10.4. The molecule has 0 bridgehead atoms. The second-order valence-electron chi connectivity index (χ2n) is 8.68. The maximum absolute atomic E-state index is 12.9. The Morgan fingerprint density at radius 2 is 2.00 bits per heavy atom. The fraction of sp³-hybridized carbons (Fsp3) is 0.435. The van der Waals surface area contributed by atoms with Crippen LogP contribution < -0.4 is 10.6 Å². The molecule has 0 aliphatic heterocycles. The van der Waals surface area contributed by atoms with Crippen LogP contribution in [-0.2, 0) is 11.3 Å². The molecular formula is C23H30N4O3. The minimum atomic E-state index is -1.04. The molecule has 2 rings (SSSR count). The van der Waals surface area contributed by atoms with Crippen molar-refractivity contribution in [3.8, 4) is 11.8 Å². The van der Waals surface area contributed by atoms with Gasteiger partial charge in [-0.05, 0) is 51.3 Å². The number of carbonyl (C=O) groups excluding carboxylic acids is 1. The van der Waals surface area contributed by atoms with E-state index in [1.54, 1.807) is 24.7 Å². The van der Waals surface area contributed by atoms with Gasteiger partial charge >= 0.3 is 5.97 Å². The number of aliphatic carboxylic acids is 1. The van der Waals surface area contributed by atoms with Gasteiger partial charge in [0.25, 0.3) is 5.91 Å². The van der Waals surface area contributed by atoms with Crippen LogP contribution >= 0.6 is 0 Å². The maximum atomic E-state index is 12.9. The number of anilines is 1. The summed E-state index contributed by atoms with van der Waals surface area (Å²) in [6.07, 6.45) is 3.70. The maximum Gasteiger partial charge on any atom is 0.326 e. The molecule has 0 radical (unpaired) electrons. The number of aromatic amines is 1. The zero-order chi connectivity index (χ0) is 22.3. The number of carboxylic acid groups (broad SMARTS) is 1. The highest BCUT2D eigenvalue weighted by molar-refractivity contribution is 5.99. The number of hydrogen-bond acceptors (Lipinski definition) is 4. The van der Waals surface area contributed by atoms with Gasteiger partial charge in [-0.2, -0.15) is 0 Å². The summed E-state index contributed by atoms with van der Waals surface area (Å²) >= 11 is 0. The van der Waals surface area contributed by atoms with Gasteiger partial charge < -0.3 is 20.7 Å². The predicted octanol–water partition coefficient (Wildman–Crippen LogP) is 3.65. The highest BCUT2D eigenvalue weighted by atomic mass is 16.4. The van der Waals surface area contributed by atoms with E-state index in [1.165, 1.54) is 0 Å². The van der Waals surface area contributed by atoms with Crippen LogP contribution in [0.1, 0.15) is 62.7 Å². The van der Waals surface area contributed by atoms with E-state index in [9.17, 15) is 14.7 Å². The molecule has 0 aliphatic rings. The van der Waals surface area contributed by atoms with Gasteiger partial charge in [0.15, 0.2) is 0 Å². The molecule has 1 heterocycles. The highest BCUT2D eigenvalue weighted by Crippen LogP contribution is 2.19. The highest BCUT2D eigenvalue weighted by Gasteiger charge is 2.23. The number of carboxylic acids is 1. The number of amides is 1. The number of benzene rings is 1. The number of H-pyrrole nitrogens is 1. The number of aromatic nitrogens is 2. The summed E-state index contributed by atoms with van der Waals surface area (Å²) in [5.74, 6) is 4.89. The second-order valence-corrected chi connectivity index (χ2v) is 8.68. The summed E-state index contributed by atoms with van der Waals surface area (Å²) in [5.41, 5.74) is 2.39. The van der Waals surface area contributed by atoms with E-state index >= 15 is 0 Å². The molecule has 0 unspecified atom stereocenters. The van der Waals surface area contributed by atoms with E-state index in [-0.39, 0.29) is 11.3 Å². The van der Waals surface area contributed by atoms with Gasteiger partial charge in [-0.15, -0.1) is 0 Å². The third-order valence-electron chi connectivity index (χ3n) is 4.18.